The number of nitriles is 1. The van der Waals surface area contributed by atoms with Crippen molar-refractivity contribution in [2.75, 3.05) is 17.7 Å². The van der Waals surface area contributed by atoms with Gasteiger partial charge in [0.1, 0.15) is 41.1 Å². The number of para-hydroxylation sites is 1. The van der Waals surface area contributed by atoms with Crippen LogP contribution in [0.25, 0.3) is 22.6 Å². The number of aromatic nitrogens is 7. The minimum atomic E-state index is 0.319. The Morgan fingerprint density at radius 2 is 1.89 bits per heavy atom. The summed E-state index contributed by atoms with van der Waals surface area (Å²) < 4.78 is 9.55. The Balaban J connectivity index is 1.63. The van der Waals surface area contributed by atoms with Crippen LogP contribution in [0.2, 0.25) is 0 Å². The first kappa shape index (κ1) is 23.9. The van der Waals surface area contributed by atoms with E-state index < -0.39 is 0 Å². The van der Waals surface area contributed by atoms with Crippen LogP contribution in [0.1, 0.15) is 11.5 Å². The van der Waals surface area contributed by atoms with E-state index in [1.54, 1.807) is 30.0 Å². The number of nitrogens with zero attached hydrogens (tertiary/aromatic N) is 8. The number of methoxy groups -OCH3 is 1. The lowest BCUT2D eigenvalue weighted by Crippen LogP contribution is -2.03. The predicted octanol–water partition coefficient (Wildman–Crippen LogP) is 5.09. The molecule has 2 N–H and O–H groups in total. The molecule has 0 spiro atoms. The fourth-order valence-corrected chi connectivity index (χ4v) is 5.97. The van der Waals surface area contributed by atoms with Crippen LogP contribution in [0, 0.1) is 18.3 Å². The number of nitrogens with one attached hydrogen (secondary N) is 2. The average molecular weight is 610 g/mol. The zero-order valence-corrected chi connectivity index (χ0v) is 22.6. The molecular weight excluding hydrogens is 590 g/mol. The molecule has 1 unspecified atom stereocenters. The zero-order chi connectivity index (χ0) is 25.2. The van der Waals surface area contributed by atoms with Gasteiger partial charge in [-0.25, -0.2) is 24.6 Å². The highest BCUT2D eigenvalue weighted by molar-refractivity contribution is 14.2. The molecule has 1 atom stereocenters. The van der Waals surface area contributed by atoms with Gasteiger partial charge in [-0.3, -0.25) is 4.34 Å². The second kappa shape index (κ2) is 10.0. The van der Waals surface area contributed by atoms with Crippen LogP contribution in [-0.2, 0) is 7.05 Å². The van der Waals surface area contributed by atoms with Crippen molar-refractivity contribution in [2.24, 2.45) is 7.05 Å². The average Bonchev–Trinajstić information content (AvgIpc) is 3.45. The van der Waals surface area contributed by atoms with E-state index in [0.29, 0.717) is 35.3 Å². The lowest BCUT2D eigenvalue weighted by atomic mass is 10.1. The number of rotatable bonds is 7. The summed E-state index contributed by atoms with van der Waals surface area (Å²) in [5.74, 6) is 3.26. The number of pyridine rings is 2. The summed E-state index contributed by atoms with van der Waals surface area (Å²) in [4.78, 5) is 18.3. The fourth-order valence-electron chi connectivity index (χ4n) is 3.83. The first-order valence-corrected chi connectivity index (χ1v) is 14.8. The largest absolute Gasteiger partial charge is 0.494 e. The van der Waals surface area contributed by atoms with Gasteiger partial charge in [-0.1, -0.05) is 12.1 Å². The number of benzene rings is 1. The molecule has 0 fully saturated rings. The van der Waals surface area contributed by atoms with Crippen LogP contribution in [0.4, 0.5) is 23.0 Å². The molecule has 36 heavy (non-hydrogen) atoms. The molecule has 0 saturated heterocycles. The topological polar surface area (TPSA) is 131 Å². The van der Waals surface area contributed by atoms with Crippen LogP contribution in [0.3, 0.4) is 0 Å². The van der Waals surface area contributed by atoms with Crippen molar-refractivity contribution in [3.05, 3.63) is 60.3 Å². The summed E-state index contributed by atoms with van der Waals surface area (Å²) >= 11 is 2.31. The molecule has 11 nitrogen and oxygen atoms in total. The summed E-state index contributed by atoms with van der Waals surface area (Å²) in [5.41, 5.74) is 4.06. The van der Waals surface area contributed by atoms with E-state index in [1.165, 1.54) is 6.33 Å². The Labute approximate surface area is 221 Å². The highest BCUT2D eigenvalue weighted by Gasteiger charge is 2.19. The highest BCUT2D eigenvalue weighted by Crippen LogP contribution is 2.40. The Morgan fingerprint density at radius 3 is 2.61 bits per heavy atom. The maximum absolute atomic E-state index is 9.21. The lowest BCUT2D eigenvalue weighted by molar-refractivity contribution is 0.418. The highest BCUT2D eigenvalue weighted by atomic mass is 127. The quantitative estimate of drug-likeness (QED) is 0.191. The zero-order valence-electron chi connectivity index (χ0n) is 19.5. The SMILES string of the molecule is COc1c(Nc2cc(Nc3cccc(C#N)n3)nc3c2nc(C)n3PI)cccc1-c1ncnn1C. The molecule has 180 valence electrons. The van der Waals surface area contributed by atoms with E-state index in [1.807, 2.05) is 38.2 Å². The van der Waals surface area contributed by atoms with E-state index in [4.69, 9.17) is 14.7 Å². The molecular formula is C23H20IN10OP. The predicted molar refractivity (Wildman–Crippen MR) is 149 cm³/mol. The third kappa shape index (κ3) is 4.43. The Bertz CT molecular complexity index is 1620. The molecule has 4 heterocycles. The minimum absolute atomic E-state index is 0.319. The summed E-state index contributed by atoms with van der Waals surface area (Å²) in [6.45, 7) is 1.96. The first-order valence-electron chi connectivity index (χ1n) is 10.7. The van der Waals surface area contributed by atoms with Crippen molar-refractivity contribution in [3.63, 3.8) is 0 Å². The molecule has 4 aromatic heterocycles. The second-order valence-electron chi connectivity index (χ2n) is 7.67. The Morgan fingerprint density at radius 1 is 1.06 bits per heavy atom. The number of anilines is 4. The smallest absolute Gasteiger partial charge is 0.168 e. The van der Waals surface area contributed by atoms with Crippen LogP contribution in [-0.4, -0.2) is 41.2 Å². The van der Waals surface area contributed by atoms with Crippen molar-refractivity contribution in [3.8, 4) is 23.2 Å². The van der Waals surface area contributed by atoms with Crippen molar-refractivity contribution < 1.29 is 4.74 Å². The molecule has 0 aliphatic heterocycles. The monoisotopic (exact) mass is 610 g/mol. The minimum Gasteiger partial charge on any atom is -0.494 e. The van der Waals surface area contributed by atoms with Crippen LogP contribution >= 0.6 is 28.4 Å². The molecule has 1 aromatic carbocycles. The van der Waals surface area contributed by atoms with Crippen LogP contribution in [0.15, 0.2) is 48.8 Å². The van der Waals surface area contributed by atoms with E-state index in [0.717, 1.165) is 33.9 Å². The molecule has 0 amide bonds. The molecule has 0 bridgehead atoms. The summed E-state index contributed by atoms with van der Waals surface area (Å²) in [6.07, 6.45) is 1.93. The van der Waals surface area contributed by atoms with E-state index in [-0.39, 0.29) is 0 Å². The number of hydrogen-bond donors (Lipinski definition) is 2. The standard InChI is InChI=1S/C23H20IN10OP/c1-13-28-20-17(30-16-8-5-7-15(21(16)35-3)22-26-12-27-33(22)2)10-19(32-23(20)34(13)36-24)31-18-9-4-6-14(11-25)29-18/h4-10,12,36H,1-3H3,(H2,29,30,31,32). The first-order chi connectivity index (χ1) is 17.5. The van der Waals surface area contributed by atoms with Crippen molar-refractivity contribution >= 4 is 62.6 Å². The van der Waals surface area contributed by atoms with Crippen LogP contribution < -0.4 is 15.4 Å². The van der Waals surface area contributed by atoms with Gasteiger partial charge >= 0.3 is 0 Å². The third-order valence-corrected chi connectivity index (χ3v) is 7.58. The van der Waals surface area contributed by atoms with E-state index in [2.05, 4.69) is 58.1 Å². The number of aryl methyl sites for hydroxylation is 2. The molecule has 5 aromatic rings. The third-order valence-electron chi connectivity index (χ3n) is 5.43. The molecule has 0 saturated carbocycles. The number of hydrogen-bond acceptors (Lipinski definition) is 9. The number of ether oxygens (including phenoxy) is 1. The maximum Gasteiger partial charge on any atom is 0.168 e. The van der Waals surface area contributed by atoms with Crippen molar-refractivity contribution in [1.29, 1.82) is 5.26 Å². The normalized spacial score (nSPS) is 11.2. The number of fused-ring (bicyclic) bond motifs is 1. The van der Waals surface area contributed by atoms with Crippen LogP contribution in [0.5, 0.6) is 5.75 Å². The number of imidazole rings is 1. The van der Waals surface area contributed by atoms with Gasteiger partial charge in [0, 0.05) is 13.1 Å². The van der Waals surface area contributed by atoms with E-state index in [9.17, 15) is 5.26 Å². The van der Waals surface area contributed by atoms with E-state index >= 15 is 0 Å². The van der Waals surface area contributed by atoms with Gasteiger partial charge in [0.25, 0.3) is 0 Å². The van der Waals surface area contributed by atoms with Crippen molar-refractivity contribution in [2.45, 2.75) is 6.92 Å². The number of halogens is 1. The van der Waals surface area contributed by atoms with Gasteiger partial charge in [-0.05, 0) is 53.2 Å². The van der Waals surface area contributed by atoms with Gasteiger partial charge in [-0.15, -0.1) is 0 Å². The summed E-state index contributed by atoms with van der Waals surface area (Å²) in [5, 5.41) is 20.1. The molecule has 0 aliphatic carbocycles. The van der Waals surface area contributed by atoms with Crippen molar-refractivity contribution in [1.82, 2.24) is 34.1 Å². The summed E-state index contributed by atoms with van der Waals surface area (Å²) in [6, 6.07) is 14.9. The molecule has 0 radical (unpaired) electrons. The Hall–Kier alpha value is -3.82. The van der Waals surface area contributed by atoms with Gasteiger partial charge in [0.05, 0.1) is 30.4 Å². The van der Waals surface area contributed by atoms with Gasteiger partial charge in [0.15, 0.2) is 17.2 Å². The lowest BCUT2D eigenvalue weighted by Gasteiger charge is -2.16. The second-order valence-corrected chi connectivity index (χ2v) is 9.73. The van der Waals surface area contributed by atoms with Gasteiger partial charge in [0.2, 0.25) is 0 Å². The molecule has 5 rings (SSSR count). The van der Waals surface area contributed by atoms with Gasteiger partial charge < -0.3 is 15.4 Å². The fraction of sp³-hybridized carbons (Fsp3) is 0.130. The van der Waals surface area contributed by atoms with Gasteiger partial charge in [-0.2, -0.15) is 10.4 Å². The molecule has 13 heteroatoms. The maximum atomic E-state index is 9.21. The Kier molecular flexibility index (Phi) is 6.67. The summed E-state index contributed by atoms with van der Waals surface area (Å²) in [7, 11) is 3.46. The molecule has 0 aliphatic rings.